The standard InChI is InChI=1S/C18H23NO/c1-14-8-10-16(11-9-14)19(3)13-12-18(20)17-7-5-4-6-15(17)2/h4-11,18,20H,12-13H2,1-3H3. The summed E-state index contributed by atoms with van der Waals surface area (Å²) in [5.41, 5.74) is 4.64. The van der Waals surface area contributed by atoms with E-state index >= 15 is 0 Å². The molecule has 20 heavy (non-hydrogen) atoms. The summed E-state index contributed by atoms with van der Waals surface area (Å²) >= 11 is 0. The Morgan fingerprint density at radius 1 is 1.00 bits per heavy atom. The van der Waals surface area contributed by atoms with Crippen LogP contribution in [0.4, 0.5) is 5.69 Å². The number of benzene rings is 2. The van der Waals surface area contributed by atoms with Crippen LogP contribution in [-0.2, 0) is 0 Å². The zero-order valence-electron chi connectivity index (χ0n) is 12.5. The molecule has 0 amide bonds. The first-order chi connectivity index (χ1) is 9.58. The molecule has 0 aliphatic heterocycles. The van der Waals surface area contributed by atoms with Crippen LogP contribution in [0.15, 0.2) is 48.5 Å². The highest BCUT2D eigenvalue weighted by Crippen LogP contribution is 2.22. The first-order valence-electron chi connectivity index (χ1n) is 7.09. The zero-order chi connectivity index (χ0) is 14.5. The van der Waals surface area contributed by atoms with Gasteiger partial charge < -0.3 is 10.0 Å². The van der Waals surface area contributed by atoms with Gasteiger partial charge in [-0.1, -0.05) is 42.0 Å². The van der Waals surface area contributed by atoms with Crippen molar-refractivity contribution >= 4 is 5.69 Å². The van der Waals surface area contributed by atoms with Crippen molar-refractivity contribution in [3.8, 4) is 0 Å². The van der Waals surface area contributed by atoms with Gasteiger partial charge in [0.05, 0.1) is 6.10 Å². The molecular weight excluding hydrogens is 246 g/mol. The molecule has 106 valence electrons. The van der Waals surface area contributed by atoms with Gasteiger partial charge in [0.1, 0.15) is 0 Å². The molecule has 2 nitrogen and oxygen atoms in total. The average molecular weight is 269 g/mol. The number of aliphatic hydroxyl groups is 1. The fourth-order valence-electron chi connectivity index (χ4n) is 2.36. The molecule has 0 bridgehead atoms. The lowest BCUT2D eigenvalue weighted by Crippen LogP contribution is -2.20. The minimum absolute atomic E-state index is 0.399. The SMILES string of the molecule is Cc1ccc(N(C)CCC(O)c2ccccc2C)cc1. The van der Waals surface area contributed by atoms with E-state index in [-0.39, 0.29) is 0 Å². The summed E-state index contributed by atoms with van der Waals surface area (Å²) in [7, 11) is 2.06. The maximum Gasteiger partial charge on any atom is 0.0809 e. The minimum atomic E-state index is -0.399. The second-order valence-electron chi connectivity index (χ2n) is 5.42. The lowest BCUT2D eigenvalue weighted by molar-refractivity contribution is 0.169. The number of rotatable bonds is 5. The molecule has 0 aliphatic rings. The Kier molecular flexibility index (Phi) is 4.80. The highest BCUT2D eigenvalue weighted by atomic mass is 16.3. The summed E-state index contributed by atoms with van der Waals surface area (Å²) in [6, 6.07) is 16.5. The summed E-state index contributed by atoms with van der Waals surface area (Å²) in [4.78, 5) is 2.18. The van der Waals surface area contributed by atoms with Crippen LogP contribution in [0.1, 0.15) is 29.2 Å². The lowest BCUT2D eigenvalue weighted by Gasteiger charge is -2.22. The molecule has 2 heteroatoms. The molecule has 0 aliphatic carbocycles. The Bertz CT molecular complexity index is 548. The van der Waals surface area contributed by atoms with Crippen molar-refractivity contribution in [1.82, 2.24) is 0 Å². The van der Waals surface area contributed by atoms with Crippen molar-refractivity contribution in [2.24, 2.45) is 0 Å². The van der Waals surface area contributed by atoms with E-state index < -0.39 is 6.10 Å². The molecule has 1 unspecified atom stereocenters. The predicted octanol–water partition coefficient (Wildman–Crippen LogP) is 3.86. The molecule has 0 aromatic heterocycles. The van der Waals surface area contributed by atoms with Gasteiger partial charge in [-0.05, 0) is 43.5 Å². The average Bonchev–Trinajstić information content (AvgIpc) is 2.45. The fourth-order valence-corrected chi connectivity index (χ4v) is 2.36. The highest BCUT2D eigenvalue weighted by molar-refractivity contribution is 5.46. The van der Waals surface area contributed by atoms with Crippen LogP contribution < -0.4 is 4.90 Å². The van der Waals surface area contributed by atoms with Gasteiger partial charge in [-0.25, -0.2) is 0 Å². The maximum atomic E-state index is 10.3. The monoisotopic (exact) mass is 269 g/mol. The van der Waals surface area contributed by atoms with Crippen LogP contribution in [0, 0.1) is 13.8 Å². The third kappa shape index (κ3) is 3.61. The van der Waals surface area contributed by atoms with Crippen LogP contribution in [0.25, 0.3) is 0 Å². The Balaban J connectivity index is 1.95. The van der Waals surface area contributed by atoms with E-state index in [9.17, 15) is 5.11 Å². The van der Waals surface area contributed by atoms with Gasteiger partial charge in [-0.15, -0.1) is 0 Å². The van der Waals surface area contributed by atoms with Crippen molar-refractivity contribution in [3.05, 3.63) is 65.2 Å². The largest absolute Gasteiger partial charge is 0.388 e. The molecule has 1 atom stereocenters. The van der Waals surface area contributed by atoms with Crippen molar-refractivity contribution < 1.29 is 5.11 Å². The molecule has 0 radical (unpaired) electrons. The number of aliphatic hydroxyl groups excluding tert-OH is 1. The molecule has 2 rings (SSSR count). The molecular formula is C18H23NO. The lowest BCUT2D eigenvalue weighted by atomic mass is 10.0. The van der Waals surface area contributed by atoms with Crippen molar-refractivity contribution in [3.63, 3.8) is 0 Å². The highest BCUT2D eigenvalue weighted by Gasteiger charge is 2.11. The molecule has 0 heterocycles. The zero-order valence-corrected chi connectivity index (χ0v) is 12.5. The fraction of sp³-hybridized carbons (Fsp3) is 0.333. The predicted molar refractivity (Wildman–Crippen MR) is 85.2 cm³/mol. The molecule has 0 spiro atoms. The van der Waals surface area contributed by atoms with Gasteiger partial charge in [0.2, 0.25) is 0 Å². The van der Waals surface area contributed by atoms with Gasteiger partial charge in [0, 0.05) is 19.3 Å². The molecule has 2 aromatic rings. The van der Waals surface area contributed by atoms with E-state index in [1.165, 1.54) is 11.3 Å². The van der Waals surface area contributed by atoms with Crippen LogP contribution in [0.3, 0.4) is 0 Å². The van der Waals surface area contributed by atoms with Gasteiger partial charge >= 0.3 is 0 Å². The van der Waals surface area contributed by atoms with Crippen molar-refractivity contribution in [2.45, 2.75) is 26.4 Å². The van der Waals surface area contributed by atoms with Crippen molar-refractivity contribution in [2.75, 3.05) is 18.5 Å². The first-order valence-corrected chi connectivity index (χ1v) is 7.09. The van der Waals surface area contributed by atoms with E-state index in [2.05, 4.69) is 43.1 Å². The van der Waals surface area contributed by atoms with E-state index in [1.54, 1.807) is 0 Å². The van der Waals surface area contributed by atoms with E-state index in [4.69, 9.17) is 0 Å². The summed E-state index contributed by atoms with van der Waals surface area (Å²) in [5, 5.41) is 10.3. The minimum Gasteiger partial charge on any atom is -0.388 e. The summed E-state index contributed by atoms with van der Waals surface area (Å²) in [6.45, 7) is 4.96. The third-order valence-corrected chi connectivity index (χ3v) is 3.76. The van der Waals surface area contributed by atoms with Gasteiger partial charge in [-0.2, -0.15) is 0 Å². The molecule has 0 saturated carbocycles. The number of nitrogens with zero attached hydrogens (tertiary/aromatic N) is 1. The second kappa shape index (κ2) is 6.58. The van der Waals surface area contributed by atoms with Gasteiger partial charge in [-0.3, -0.25) is 0 Å². The topological polar surface area (TPSA) is 23.5 Å². The Morgan fingerprint density at radius 3 is 2.30 bits per heavy atom. The molecule has 1 N–H and O–H groups in total. The summed E-state index contributed by atoms with van der Waals surface area (Å²) < 4.78 is 0. The van der Waals surface area contributed by atoms with E-state index in [0.717, 1.165) is 24.1 Å². The number of hydrogen-bond donors (Lipinski definition) is 1. The summed E-state index contributed by atoms with van der Waals surface area (Å²) in [5.74, 6) is 0. The van der Waals surface area contributed by atoms with Gasteiger partial charge in [0.15, 0.2) is 0 Å². The second-order valence-corrected chi connectivity index (χ2v) is 5.42. The maximum absolute atomic E-state index is 10.3. The van der Waals surface area contributed by atoms with E-state index in [1.807, 2.05) is 31.2 Å². The Hall–Kier alpha value is -1.80. The van der Waals surface area contributed by atoms with Crippen LogP contribution >= 0.6 is 0 Å². The molecule has 2 aromatic carbocycles. The van der Waals surface area contributed by atoms with Gasteiger partial charge in [0.25, 0.3) is 0 Å². The summed E-state index contributed by atoms with van der Waals surface area (Å²) in [6.07, 6.45) is 0.332. The van der Waals surface area contributed by atoms with Crippen molar-refractivity contribution in [1.29, 1.82) is 0 Å². The third-order valence-electron chi connectivity index (χ3n) is 3.76. The normalized spacial score (nSPS) is 12.2. The number of aryl methyl sites for hydroxylation is 2. The number of anilines is 1. The quantitative estimate of drug-likeness (QED) is 0.891. The molecule has 0 fully saturated rings. The molecule has 0 saturated heterocycles. The van der Waals surface area contributed by atoms with Crippen LogP contribution in [-0.4, -0.2) is 18.7 Å². The first kappa shape index (κ1) is 14.6. The Labute approximate surface area is 121 Å². The Morgan fingerprint density at radius 2 is 1.65 bits per heavy atom. The number of hydrogen-bond acceptors (Lipinski definition) is 2. The van der Waals surface area contributed by atoms with Crippen LogP contribution in [0.5, 0.6) is 0 Å². The van der Waals surface area contributed by atoms with Crippen LogP contribution in [0.2, 0.25) is 0 Å². The smallest absolute Gasteiger partial charge is 0.0809 e. The van der Waals surface area contributed by atoms with E-state index in [0.29, 0.717) is 0 Å².